The molecule has 0 atom stereocenters. The minimum Gasteiger partial charge on any atom is -0.315 e. The summed E-state index contributed by atoms with van der Waals surface area (Å²) in [5.41, 5.74) is 4.28. The number of aromatic nitrogens is 2. The second-order valence-corrected chi connectivity index (χ2v) is 4.13. The number of carbonyl (C=O) groups excluding carboxylic acids is 2. The van der Waals surface area contributed by atoms with Crippen molar-refractivity contribution in [2.45, 2.75) is 0 Å². The predicted molar refractivity (Wildman–Crippen MR) is 73.8 cm³/mol. The van der Waals surface area contributed by atoms with Crippen molar-refractivity contribution < 1.29 is 14.0 Å². The average Bonchev–Trinajstić information content (AvgIpc) is 2.50. The number of hydrazine groups is 1. The Kier molecular flexibility index (Phi) is 4.62. The Morgan fingerprint density at radius 1 is 1.19 bits per heavy atom. The molecule has 1 heterocycles. The molecule has 0 aliphatic carbocycles. The summed E-state index contributed by atoms with van der Waals surface area (Å²) in [6.07, 6.45) is 4.19. The maximum atomic E-state index is 13.6. The zero-order valence-electron chi connectivity index (χ0n) is 10.4. The zero-order chi connectivity index (χ0) is 15.2. The Labute approximate surface area is 123 Å². The fourth-order valence-corrected chi connectivity index (χ4v) is 1.50. The largest absolute Gasteiger partial charge is 0.328 e. The van der Waals surface area contributed by atoms with Gasteiger partial charge in [0.15, 0.2) is 11.6 Å². The van der Waals surface area contributed by atoms with E-state index in [2.05, 4.69) is 26.1 Å². The van der Waals surface area contributed by atoms with Crippen LogP contribution in [-0.4, -0.2) is 21.8 Å². The molecule has 0 saturated carbocycles. The van der Waals surface area contributed by atoms with E-state index in [1.54, 1.807) is 0 Å². The number of hydrogen-bond acceptors (Lipinski definition) is 5. The topological polar surface area (TPSA) is 96.0 Å². The number of halogens is 2. The average molecular weight is 310 g/mol. The van der Waals surface area contributed by atoms with E-state index < -0.39 is 17.6 Å². The van der Waals surface area contributed by atoms with Gasteiger partial charge in [0.2, 0.25) is 0 Å². The zero-order valence-corrected chi connectivity index (χ0v) is 11.2. The Bertz CT molecular complexity index is 668. The van der Waals surface area contributed by atoms with E-state index in [0.717, 1.165) is 0 Å². The van der Waals surface area contributed by atoms with Crippen LogP contribution < -0.4 is 16.2 Å². The molecule has 0 aliphatic rings. The molecule has 0 bridgehead atoms. The SMILES string of the molecule is O=C(NNc1cnccn1)C(=O)Nc1cccc(Cl)c1F. The summed E-state index contributed by atoms with van der Waals surface area (Å²) in [6, 6.07) is 4.04. The van der Waals surface area contributed by atoms with E-state index in [9.17, 15) is 14.0 Å². The molecule has 2 amide bonds. The molecular weight excluding hydrogens is 301 g/mol. The molecule has 0 unspecified atom stereocenters. The fourth-order valence-electron chi connectivity index (χ4n) is 1.32. The molecule has 7 nitrogen and oxygen atoms in total. The van der Waals surface area contributed by atoms with E-state index in [0.29, 0.717) is 0 Å². The lowest BCUT2D eigenvalue weighted by Gasteiger charge is -2.08. The molecule has 3 N–H and O–H groups in total. The quantitative estimate of drug-likeness (QED) is 0.587. The molecule has 0 aliphatic heterocycles. The highest BCUT2D eigenvalue weighted by Gasteiger charge is 2.16. The van der Waals surface area contributed by atoms with Crippen LogP contribution in [0.25, 0.3) is 0 Å². The molecule has 21 heavy (non-hydrogen) atoms. The molecule has 9 heteroatoms. The van der Waals surface area contributed by atoms with Crippen molar-refractivity contribution in [2.24, 2.45) is 0 Å². The Morgan fingerprint density at radius 3 is 2.71 bits per heavy atom. The summed E-state index contributed by atoms with van der Waals surface area (Å²) in [7, 11) is 0. The van der Waals surface area contributed by atoms with Gasteiger partial charge in [-0.15, -0.1) is 0 Å². The summed E-state index contributed by atoms with van der Waals surface area (Å²) in [5, 5.41) is 1.94. The Balaban J connectivity index is 1.94. The third-order valence-corrected chi connectivity index (χ3v) is 2.57. The highest BCUT2D eigenvalue weighted by Crippen LogP contribution is 2.21. The van der Waals surface area contributed by atoms with Crippen molar-refractivity contribution in [3.05, 3.63) is 47.6 Å². The lowest BCUT2D eigenvalue weighted by molar-refractivity contribution is -0.135. The van der Waals surface area contributed by atoms with Gasteiger partial charge in [0.05, 0.1) is 16.9 Å². The van der Waals surface area contributed by atoms with Gasteiger partial charge >= 0.3 is 11.8 Å². The highest BCUT2D eigenvalue weighted by molar-refractivity contribution is 6.40. The number of benzene rings is 1. The maximum absolute atomic E-state index is 13.6. The summed E-state index contributed by atoms with van der Waals surface area (Å²) in [6.45, 7) is 0. The van der Waals surface area contributed by atoms with E-state index in [4.69, 9.17) is 11.6 Å². The number of carbonyl (C=O) groups is 2. The summed E-state index contributed by atoms with van der Waals surface area (Å²) < 4.78 is 13.6. The maximum Gasteiger partial charge on any atom is 0.328 e. The lowest BCUT2D eigenvalue weighted by Crippen LogP contribution is -2.39. The van der Waals surface area contributed by atoms with Crippen molar-refractivity contribution in [3.63, 3.8) is 0 Å². The minimum atomic E-state index is -1.06. The fraction of sp³-hybridized carbons (Fsp3) is 0. The first-order chi connectivity index (χ1) is 10.1. The van der Waals surface area contributed by atoms with Gasteiger partial charge in [0.25, 0.3) is 0 Å². The third kappa shape index (κ3) is 3.86. The Hall–Kier alpha value is -2.74. The number of anilines is 2. The van der Waals surface area contributed by atoms with Crippen LogP contribution in [0.3, 0.4) is 0 Å². The van der Waals surface area contributed by atoms with Crippen molar-refractivity contribution >= 4 is 34.9 Å². The van der Waals surface area contributed by atoms with Crippen LogP contribution in [0.4, 0.5) is 15.9 Å². The van der Waals surface area contributed by atoms with Crippen molar-refractivity contribution in [2.75, 3.05) is 10.7 Å². The normalized spacial score (nSPS) is 9.81. The van der Waals surface area contributed by atoms with Crippen LogP contribution in [0.2, 0.25) is 5.02 Å². The predicted octanol–water partition coefficient (Wildman–Crippen LogP) is 1.35. The smallest absolute Gasteiger partial charge is 0.315 e. The summed E-state index contributed by atoms with van der Waals surface area (Å²) >= 11 is 5.56. The number of nitrogens with one attached hydrogen (secondary N) is 3. The van der Waals surface area contributed by atoms with Gasteiger partial charge in [-0.2, -0.15) is 0 Å². The van der Waals surface area contributed by atoms with Crippen molar-refractivity contribution in [3.8, 4) is 0 Å². The third-order valence-electron chi connectivity index (χ3n) is 2.27. The van der Waals surface area contributed by atoms with Crippen LogP contribution >= 0.6 is 11.6 Å². The van der Waals surface area contributed by atoms with E-state index in [1.807, 2.05) is 0 Å². The van der Waals surface area contributed by atoms with E-state index in [1.165, 1.54) is 36.8 Å². The van der Waals surface area contributed by atoms with Crippen molar-refractivity contribution in [1.29, 1.82) is 0 Å². The van der Waals surface area contributed by atoms with Crippen LogP contribution in [0.5, 0.6) is 0 Å². The Morgan fingerprint density at radius 2 is 2.00 bits per heavy atom. The van der Waals surface area contributed by atoms with Gasteiger partial charge in [-0.05, 0) is 12.1 Å². The second kappa shape index (κ2) is 6.62. The number of amides is 2. The molecule has 1 aromatic heterocycles. The molecule has 2 aromatic rings. The number of nitrogens with zero attached hydrogens (tertiary/aromatic N) is 2. The van der Waals surface area contributed by atoms with Crippen LogP contribution in [0.15, 0.2) is 36.8 Å². The first-order valence-electron chi connectivity index (χ1n) is 5.65. The number of hydrogen-bond donors (Lipinski definition) is 3. The monoisotopic (exact) mass is 309 g/mol. The molecule has 0 saturated heterocycles. The van der Waals surface area contributed by atoms with Gasteiger partial charge in [0, 0.05) is 12.4 Å². The molecule has 108 valence electrons. The second-order valence-electron chi connectivity index (χ2n) is 3.73. The molecule has 0 fully saturated rings. The molecular formula is C12H9ClFN5O2. The van der Waals surface area contributed by atoms with Gasteiger partial charge in [-0.3, -0.25) is 25.4 Å². The molecule has 0 radical (unpaired) electrons. The standard InChI is InChI=1S/C12H9ClFN5O2/c13-7-2-1-3-8(10(7)14)17-11(20)12(21)19-18-9-6-15-4-5-16-9/h1-6H,(H,16,18)(H,17,20)(H,19,21). The van der Waals surface area contributed by atoms with E-state index >= 15 is 0 Å². The van der Waals surface area contributed by atoms with Crippen LogP contribution in [-0.2, 0) is 9.59 Å². The van der Waals surface area contributed by atoms with Gasteiger partial charge in [0.1, 0.15) is 0 Å². The van der Waals surface area contributed by atoms with Crippen LogP contribution in [0, 0.1) is 5.82 Å². The van der Waals surface area contributed by atoms with Crippen LogP contribution in [0.1, 0.15) is 0 Å². The van der Waals surface area contributed by atoms with E-state index in [-0.39, 0.29) is 16.5 Å². The lowest BCUT2D eigenvalue weighted by atomic mass is 10.3. The van der Waals surface area contributed by atoms with Crippen molar-refractivity contribution in [1.82, 2.24) is 15.4 Å². The summed E-state index contributed by atoms with van der Waals surface area (Å²) in [4.78, 5) is 30.7. The highest BCUT2D eigenvalue weighted by atomic mass is 35.5. The van der Waals surface area contributed by atoms with Gasteiger partial charge in [-0.1, -0.05) is 17.7 Å². The molecule has 0 spiro atoms. The minimum absolute atomic E-state index is 0.161. The van der Waals surface area contributed by atoms with Gasteiger partial charge in [-0.25, -0.2) is 9.37 Å². The molecule has 2 rings (SSSR count). The number of rotatable bonds is 3. The summed E-state index contributed by atoms with van der Waals surface area (Å²) in [5.74, 6) is -2.66. The van der Waals surface area contributed by atoms with Gasteiger partial charge < -0.3 is 5.32 Å². The first kappa shape index (κ1) is 14.7. The molecule has 1 aromatic carbocycles. The first-order valence-corrected chi connectivity index (χ1v) is 6.03.